The van der Waals surface area contributed by atoms with E-state index in [-0.39, 0.29) is 34.5 Å². The van der Waals surface area contributed by atoms with Gasteiger partial charge in [0.2, 0.25) is 11.7 Å². The van der Waals surface area contributed by atoms with Gasteiger partial charge in [-0.25, -0.2) is 9.97 Å². The summed E-state index contributed by atoms with van der Waals surface area (Å²) in [6.07, 6.45) is 2.51. The molecule has 0 aromatic carbocycles. The number of carbonyl (C=O) groups excluding carboxylic acids is 2. The Labute approximate surface area is 240 Å². The molecule has 0 unspecified atom stereocenters. The third-order valence-electron chi connectivity index (χ3n) is 8.25. The van der Waals surface area contributed by atoms with Crippen molar-refractivity contribution in [3.63, 3.8) is 0 Å². The molecular formula is C28H25F3N6O4S. The molecule has 0 radical (unpaired) electrons. The molecule has 4 heterocycles. The number of nitrogens with zero attached hydrogens (tertiary/aromatic N) is 4. The molecule has 3 aliphatic rings. The number of hydrogen-bond donors (Lipinski definition) is 2. The Balaban J connectivity index is 1.02. The smallest absolute Gasteiger partial charge is 0.450 e. The van der Waals surface area contributed by atoms with Crippen molar-refractivity contribution in [2.45, 2.75) is 62.8 Å². The van der Waals surface area contributed by atoms with Gasteiger partial charge in [0.05, 0.1) is 11.2 Å². The van der Waals surface area contributed by atoms with E-state index in [2.05, 4.69) is 15.3 Å². The SMILES string of the molecule is NC(=O)c1sc(C2CC2)nc1O[C@H]1CC2(C[C@H](NC(=O)c3nc(C(F)(F)F)n4cc(-n5ccccc5=O)ccc34)C2)C1. The van der Waals surface area contributed by atoms with Crippen molar-refractivity contribution in [1.82, 2.24) is 24.3 Å². The molecule has 0 aliphatic heterocycles. The van der Waals surface area contributed by atoms with E-state index in [0.717, 1.165) is 41.3 Å². The van der Waals surface area contributed by atoms with E-state index in [1.807, 2.05) is 0 Å². The Bertz CT molecular complexity index is 1790. The third kappa shape index (κ3) is 4.63. The molecule has 10 nitrogen and oxygen atoms in total. The molecule has 1 spiro atoms. The Morgan fingerprint density at radius 1 is 1.10 bits per heavy atom. The molecule has 0 saturated heterocycles. The van der Waals surface area contributed by atoms with Gasteiger partial charge in [-0.1, -0.05) is 6.07 Å². The number of alkyl halides is 3. The van der Waals surface area contributed by atoms with Crippen molar-refractivity contribution >= 4 is 28.7 Å². The minimum Gasteiger partial charge on any atom is -0.473 e. The second kappa shape index (κ2) is 9.41. The fraction of sp³-hybridized carbons (Fsp3) is 0.393. The quantitative estimate of drug-likeness (QED) is 0.330. The zero-order chi connectivity index (χ0) is 29.4. The summed E-state index contributed by atoms with van der Waals surface area (Å²) >= 11 is 1.29. The maximum absolute atomic E-state index is 13.9. The van der Waals surface area contributed by atoms with E-state index in [9.17, 15) is 27.6 Å². The van der Waals surface area contributed by atoms with Crippen LogP contribution in [0, 0.1) is 5.41 Å². The normalized spacial score (nSPS) is 23.4. The highest BCUT2D eigenvalue weighted by Crippen LogP contribution is 2.57. The number of rotatable bonds is 7. The summed E-state index contributed by atoms with van der Waals surface area (Å²) in [6, 6.07) is 7.04. The number of nitrogens with one attached hydrogen (secondary N) is 1. The van der Waals surface area contributed by atoms with Gasteiger partial charge in [0, 0.05) is 30.4 Å². The van der Waals surface area contributed by atoms with E-state index in [4.69, 9.17) is 10.5 Å². The van der Waals surface area contributed by atoms with Crippen molar-refractivity contribution in [1.29, 1.82) is 0 Å². The van der Waals surface area contributed by atoms with Gasteiger partial charge in [-0.15, -0.1) is 11.3 Å². The summed E-state index contributed by atoms with van der Waals surface area (Å²) in [5.74, 6) is -1.82. The monoisotopic (exact) mass is 598 g/mol. The number of primary amides is 1. The molecule has 218 valence electrons. The van der Waals surface area contributed by atoms with Gasteiger partial charge in [-0.3, -0.25) is 23.4 Å². The average molecular weight is 599 g/mol. The Hall–Kier alpha value is -4.20. The topological polar surface area (TPSA) is 134 Å². The van der Waals surface area contributed by atoms with Crippen LogP contribution in [0.3, 0.4) is 0 Å². The summed E-state index contributed by atoms with van der Waals surface area (Å²) in [7, 11) is 0. The van der Waals surface area contributed by atoms with Crippen molar-refractivity contribution < 1.29 is 27.5 Å². The molecule has 3 fully saturated rings. The van der Waals surface area contributed by atoms with Crippen LogP contribution in [-0.2, 0) is 6.18 Å². The second-order valence-electron chi connectivity index (χ2n) is 11.4. The Kier molecular flexibility index (Phi) is 5.98. The molecule has 3 N–H and O–H groups in total. The molecule has 7 rings (SSSR count). The predicted octanol–water partition coefficient (Wildman–Crippen LogP) is 4.06. The van der Waals surface area contributed by atoms with Gasteiger partial charge in [-0.05, 0) is 62.1 Å². The van der Waals surface area contributed by atoms with Crippen molar-refractivity contribution in [2.75, 3.05) is 0 Å². The summed E-state index contributed by atoms with van der Waals surface area (Å²) in [5, 5.41) is 3.71. The van der Waals surface area contributed by atoms with Gasteiger partial charge < -0.3 is 15.8 Å². The van der Waals surface area contributed by atoms with Crippen LogP contribution in [0.25, 0.3) is 11.2 Å². The van der Waals surface area contributed by atoms with Gasteiger partial charge in [0.25, 0.3) is 17.4 Å². The summed E-state index contributed by atoms with van der Waals surface area (Å²) in [4.78, 5) is 45.7. The number of thiazole rings is 1. The zero-order valence-electron chi connectivity index (χ0n) is 22.1. The number of pyridine rings is 2. The fourth-order valence-corrected chi connectivity index (χ4v) is 7.13. The minimum atomic E-state index is -4.83. The maximum Gasteiger partial charge on any atom is 0.450 e. The fourth-order valence-electron chi connectivity index (χ4n) is 6.11. The number of hydrogen-bond acceptors (Lipinski definition) is 7. The highest BCUT2D eigenvalue weighted by Gasteiger charge is 2.55. The molecule has 4 aromatic rings. The van der Waals surface area contributed by atoms with Crippen LogP contribution in [-0.4, -0.2) is 42.9 Å². The van der Waals surface area contributed by atoms with E-state index in [1.54, 1.807) is 6.07 Å². The number of nitrogens with two attached hydrogens (primary N) is 1. The zero-order valence-corrected chi connectivity index (χ0v) is 22.9. The standard InChI is InChI=1S/C28H25F3N6O4S/c29-28(30,31)26-34-20(18-7-6-16(13-37(18)26)36-8-2-1-3-19(36)38)23(40)33-15-9-27(10-15)11-17(12-27)41-24-21(22(32)39)42-25(35-24)14-4-5-14/h1-3,6-8,13-15,17H,4-5,9-12H2,(H2,32,39)(H,33,40)/t15-,17-,27?. The van der Waals surface area contributed by atoms with Crippen molar-refractivity contribution in [3.8, 4) is 11.6 Å². The summed E-state index contributed by atoms with van der Waals surface area (Å²) in [6.45, 7) is 0. The molecule has 2 amide bonds. The number of amides is 2. The Morgan fingerprint density at radius 2 is 1.86 bits per heavy atom. The lowest BCUT2D eigenvalue weighted by molar-refractivity contribution is -0.145. The van der Waals surface area contributed by atoms with Crippen LogP contribution < -0.4 is 21.3 Å². The molecule has 4 aromatic heterocycles. The lowest BCUT2D eigenvalue weighted by Crippen LogP contribution is -2.58. The number of imidazole rings is 1. The van der Waals surface area contributed by atoms with Crippen LogP contribution in [0.15, 0.2) is 47.5 Å². The number of halogens is 3. The van der Waals surface area contributed by atoms with Crippen LogP contribution in [0.2, 0.25) is 0 Å². The third-order valence-corrected chi connectivity index (χ3v) is 9.46. The van der Waals surface area contributed by atoms with E-state index < -0.39 is 29.4 Å². The first-order valence-electron chi connectivity index (χ1n) is 13.6. The lowest BCUT2D eigenvalue weighted by Gasteiger charge is -2.57. The maximum atomic E-state index is 13.9. The minimum absolute atomic E-state index is 0.0159. The first-order chi connectivity index (χ1) is 20.0. The highest BCUT2D eigenvalue weighted by atomic mass is 32.1. The van der Waals surface area contributed by atoms with Crippen molar-refractivity contribution in [3.05, 3.63) is 74.5 Å². The lowest BCUT2D eigenvalue weighted by atomic mass is 9.53. The predicted molar refractivity (Wildman–Crippen MR) is 145 cm³/mol. The first-order valence-corrected chi connectivity index (χ1v) is 14.4. The number of aromatic nitrogens is 4. The van der Waals surface area contributed by atoms with Gasteiger partial charge >= 0.3 is 6.18 Å². The van der Waals surface area contributed by atoms with Crippen LogP contribution in [0.5, 0.6) is 5.88 Å². The van der Waals surface area contributed by atoms with Crippen LogP contribution in [0.1, 0.15) is 75.4 Å². The first kappa shape index (κ1) is 26.7. The van der Waals surface area contributed by atoms with Gasteiger partial charge in [0.1, 0.15) is 11.1 Å². The van der Waals surface area contributed by atoms with E-state index >= 15 is 0 Å². The van der Waals surface area contributed by atoms with Crippen LogP contribution in [0.4, 0.5) is 13.2 Å². The molecule has 42 heavy (non-hydrogen) atoms. The van der Waals surface area contributed by atoms with Gasteiger partial charge in [-0.2, -0.15) is 13.2 Å². The molecule has 0 bridgehead atoms. The molecule has 14 heteroatoms. The van der Waals surface area contributed by atoms with Gasteiger partial charge in [0.15, 0.2) is 10.6 Å². The Morgan fingerprint density at radius 3 is 2.52 bits per heavy atom. The van der Waals surface area contributed by atoms with Crippen molar-refractivity contribution in [2.24, 2.45) is 11.1 Å². The largest absolute Gasteiger partial charge is 0.473 e. The molecule has 3 aliphatic carbocycles. The second-order valence-corrected chi connectivity index (χ2v) is 12.4. The average Bonchev–Trinajstić information content (AvgIpc) is 3.53. The molecule has 3 saturated carbocycles. The number of carbonyl (C=O) groups is 2. The molecular weight excluding hydrogens is 573 g/mol. The number of ether oxygens (including phenoxy) is 1. The van der Waals surface area contributed by atoms with E-state index in [1.165, 1.54) is 46.4 Å². The molecule has 0 atom stereocenters. The summed E-state index contributed by atoms with van der Waals surface area (Å²) in [5.41, 5.74) is 4.93. The van der Waals surface area contributed by atoms with E-state index in [0.29, 0.717) is 29.5 Å². The summed E-state index contributed by atoms with van der Waals surface area (Å²) < 4.78 is 49.7. The van der Waals surface area contributed by atoms with Crippen LogP contribution >= 0.6 is 11.3 Å². The number of fused-ring (bicyclic) bond motifs is 1. The highest BCUT2D eigenvalue weighted by molar-refractivity contribution is 7.14.